The molecule has 1 saturated heterocycles. The molecule has 0 aromatic heterocycles. The predicted molar refractivity (Wildman–Crippen MR) is 125 cm³/mol. The minimum absolute atomic E-state index is 0.121. The minimum Gasteiger partial charge on any atom is -0.404 e. The summed E-state index contributed by atoms with van der Waals surface area (Å²) in [5.74, 6) is -0.372. The number of anilines is 1. The van der Waals surface area contributed by atoms with E-state index in [0.717, 1.165) is 49.9 Å². The number of aliphatic imine (C=N–C) groups is 1. The van der Waals surface area contributed by atoms with Gasteiger partial charge >= 0.3 is 0 Å². The second-order valence-corrected chi connectivity index (χ2v) is 8.80. The number of halogens is 1. The maximum absolute atomic E-state index is 14.4. The number of piperazine rings is 1. The fourth-order valence-corrected chi connectivity index (χ4v) is 4.69. The highest BCUT2D eigenvalue weighted by Crippen LogP contribution is 2.29. The topological polar surface area (TPSA) is 91.0 Å². The second kappa shape index (κ2) is 10.7. The monoisotopic (exact) mass is 443 g/mol. The highest BCUT2D eigenvalue weighted by atomic mass is 19.1. The first-order valence-corrected chi connectivity index (χ1v) is 11.3. The molecule has 2 aliphatic rings. The molecular formula is C24H34FN5O2. The number of rotatable bonds is 6. The van der Waals surface area contributed by atoms with Gasteiger partial charge in [0.1, 0.15) is 5.82 Å². The first kappa shape index (κ1) is 23.9. The zero-order valence-corrected chi connectivity index (χ0v) is 19.2. The van der Waals surface area contributed by atoms with Gasteiger partial charge in [-0.25, -0.2) is 4.39 Å². The third kappa shape index (κ3) is 5.54. The molecular weight excluding hydrogens is 409 g/mol. The Labute approximate surface area is 189 Å². The summed E-state index contributed by atoms with van der Waals surface area (Å²) in [4.78, 5) is 33.3. The molecule has 0 bridgehead atoms. The highest BCUT2D eigenvalue weighted by Gasteiger charge is 2.33. The van der Waals surface area contributed by atoms with Crippen molar-refractivity contribution >= 4 is 23.7 Å². The standard InChI is InChI=1S/C24H34FN5O2/c1-16-14-29(8-9-30(16)24(32)18-6-4-5-7-18)15-19-10-21(25)11-22(17(19)2)28-23(31)20(12-26)13-27-3/h10-13,16,18H,4-9,14-15,26H2,1-3H3,(H,28,31)/t16-/m0/s1. The van der Waals surface area contributed by atoms with Crippen LogP contribution in [0.25, 0.3) is 0 Å². The van der Waals surface area contributed by atoms with Crippen LogP contribution in [0.1, 0.15) is 43.7 Å². The van der Waals surface area contributed by atoms with Crippen LogP contribution < -0.4 is 11.1 Å². The number of nitrogens with two attached hydrogens (primary N) is 1. The summed E-state index contributed by atoms with van der Waals surface area (Å²) in [5.41, 5.74) is 7.73. The van der Waals surface area contributed by atoms with Gasteiger partial charge in [0.15, 0.2) is 0 Å². The molecule has 2 fully saturated rings. The van der Waals surface area contributed by atoms with Crippen LogP contribution in [-0.4, -0.2) is 60.6 Å². The van der Waals surface area contributed by atoms with Gasteiger partial charge in [0.05, 0.1) is 5.57 Å². The lowest BCUT2D eigenvalue weighted by atomic mass is 10.0. The number of carbonyl (C=O) groups excluding carboxylic acids is 2. The lowest BCUT2D eigenvalue weighted by Crippen LogP contribution is -2.54. The Hall–Kier alpha value is -2.74. The van der Waals surface area contributed by atoms with Crippen LogP contribution in [0, 0.1) is 18.7 Å². The zero-order chi connectivity index (χ0) is 23.3. The molecule has 2 amide bonds. The third-order valence-corrected chi connectivity index (χ3v) is 6.53. The Morgan fingerprint density at radius 3 is 2.62 bits per heavy atom. The van der Waals surface area contributed by atoms with Gasteiger partial charge in [0.25, 0.3) is 5.91 Å². The molecule has 1 saturated carbocycles. The fourth-order valence-electron chi connectivity index (χ4n) is 4.69. The van der Waals surface area contributed by atoms with Crippen molar-refractivity contribution < 1.29 is 14.0 Å². The predicted octanol–water partition coefficient (Wildman–Crippen LogP) is 2.84. The lowest BCUT2D eigenvalue weighted by molar-refractivity contribution is -0.140. The van der Waals surface area contributed by atoms with Crippen LogP contribution in [-0.2, 0) is 16.1 Å². The first-order valence-electron chi connectivity index (χ1n) is 11.3. The number of benzene rings is 1. The summed E-state index contributed by atoms with van der Waals surface area (Å²) in [7, 11) is 1.55. The molecule has 0 unspecified atom stereocenters. The third-order valence-electron chi connectivity index (χ3n) is 6.53. The van der Waals surface area contributed by atoms with Gasteiger partial charge in [-0.15, -0.1) is 0 Å². The normalized spacial score (nSPS) is 20.8. The maximum atomic E-state index is 14.4. The van der Waals surface area contributed by atoms with E-state index in [1.165, 1.54) is 24.5 Å². The van der Waals surface area contributed by atoms with Gasteiger partial charge < -0.3 is 16.0 Å². The molecule has 174 valence electrons. The van der Waals surface area contributed by atoms with Gasteiger partial charge in [0.2, 0.25) is 5.91 Å². The lowest BCUT2D eigenvalue weighted by Gasteiger charge is -2.41. The van der Waals surface area contributed by atoms with Gasteiger partial charge in [-0.3, -0.25) is 19.5 Å². The molecule has 3 rings (SSSR count). The van der Waals surface area contributed by atoms with Crippen molar-refractivity contribution in [3.05, 3.63) is 40.8 Å². The van der Waals surface area contributed by atoms with Crippen molar-refractivity contribution in [1.29, 1.82) is 0 Å². The molecule has 8 heteroatoms. The minimum atomic E-state index is -0.439. The highest BCUT2D eigenvalue weighted by molar-refractivity contribution is 6.17. The van der Waals surface area contributed by atoms with Gasteiger partial charge in [-0.1, -0.05) is 12.8 Å². The molecule has 1 aromatic carbocycles. The number of hydrogen-bond donors (Lipinski definition) is 2. The van der Waals surface area contributed by atoms with Crippen molar-refractivity contribution in [3.63, 3.8) is 0 Å². The van der Waals surface area contributed by atoms with Crippen LogP contribution in [0.15, 0.2) is 28.9 Å². The Kier molecular flexibility index (Phi) is 8.01. The van der Waals surface area contributed by atoms with Crippen molar-refractivity contribution in [3.8, 4) is 0 Å². The summed E-state index contributed by atoms with van der Waals surface area (Å²) in [5, 5.41) is 2.74. The first-order chi connectivity index (χ1) is 15.3. The van der Waals surface area contributed by atoms with E-state index < -0.39 is 11.7 Å². The Morgan fingerprint density at radius 1 is 1.28 bits per heavy atom. The van der Waals surface area contributed by atoms with Crippen molar-refractivity contribution in [1.82, 2.24) is 9.80 Å². The molecule has 7 nitrogen and oxygen atoms in total. The van der Waals surface area contributed by atoms with E-state index in [9.17, 15) is 14.0 Å². The quantitative estimate of drug-likeness (QED) is 0.523. The summed E-state index contributed by atoms with van der Waals surface area (Å²) in [6, 6.07) is 2.95. The molecule has 0 spiro atoms. The van der Waals surface area contributed by atoms with E-state index in [4.69, 9.17) is 5.73 Å². The van der Waals surface area contributed by atoms with Crippen LogP contribution in [0.4, 0.5) is 10.1 Å². The van der Waals surface area contributed by atoms with E-state index in [1.807, 2.05) is 11.8 Å². The number of nitrogens with one attached hydrogen (secondary N) is 1. The van der Waals surface area contributed by atoms with E-state index in [2.05, 4.69) is 22.1 Å². The molecule has 1 heterocycles. The van der Waals surface area contributed by atoms with E-state index in [1.54, 1.807) is 7.05 Å². The number of amides is 2. The number of hydrogen-bond acceptors (Lipinski definition) is 5. The Balaban J connectivity index is 1.67. The Bertz CT molecular complexity index is 908. The van der Waals surface area contributed by atoms with E-state index in [0.29, 0.717) is 24.7 Å². The average Bonchev–Trinajstić information content (AvgIpc) is 3.30. The van der Waals surface area contributed by atoms with Crippen LogP contribution in [0.2, 0.25) is 0 Å². The van der Waals surface area contributed by atoms with Crippen LogP contribution >= 0.6 is 0 Å². The SMILES string of the molecule is CN=CC(=CN)C(=O)Nc1cc(F)cc(CN2CCN(C(=O)C3CCCC3)[C@@H](C)C2)c1C. The zero-order valence-electron chi connectivity index (χ0n) is 19.2. The Morgan fingerprint density at radius 2 is 2.00 bits per heavy atom. The van der Waals surface area contributed by atoms with Gasteiger partial charge in [-0.05, 0) is 49.9 Å². The van der Waals surface area contributed by atoms with E-state index in [-0.39, 0.29) is 17.5 Å². The molecule has 1 aliphatic carbocycles. The summed E-state index contributed by atoms with van der Waals surface area (Å²) in [6.07, 6.45) is 6.85. The smallest absolute Gasteiger partial charge is 0.258 e. The number of nitrogens with zero attached hydrogens (tertiary/aromatic N) is 3. The maximum Gasteiger partial charge on any atom is 0.258 e. The molecule has 3 N–H and O–H groups in total. The summed E-state index contributed by atoms with van der Waals surface area (Å²) >= 11 is 0. The van der Waals surface area contributed by atoms with Crippen molar-refractivity contribution in [2.75, 3.05) is 32.0 Å². The van der Waals surface area contributed by atoms with Gasteiger partial charge in [-0.2, -0.15) is 0 Å². The summed E-state index contributed by atoms with van der Waals surface area (Å²) < 4.78 is 14.4. The van der Waals surface area contributed by atoms with Crippen LogP contribution in [0.3, 0.4) is 0 Å². The van der Waals surface area contributed by atoms with Crippen molar-refractivity contribution in [2.45, 2.75) is 52.1 Å². The number of carbonyl (C=O) groups is 2. The fraction of sp³-hybridized carbons (Fsp3) is 0.542. The molecule has 0 radical (unpaired) electrons. The molecule has 1 atom stereocenters. The van der Waals surface area contributed by atoms with Gasteiger partial charge in [0, 0.05) is 63.3 Å². The molecule has 1 aliphatic heterocycles. The van der Waals surface area contributed by atoms with E-state index >= 15 is 0 Å². The average molecular weight is 444 g/mol. The van der Waals surface area contributed by atoms with Crippen LogP contribution in [0.5, 0.6) is 0 Å². The molecule has 32 heavy (non-hydrogen) atoms. The summed E-state index contributed by atoms with van der Waals surface area (Å²) in [6.45, 7) is 6.68. The molecule has 1 aromatic rings. The largest absolute Gasteiger partial charge is 0.404 e. The van der Waals surface area contributed by atoms with Crippen molar-refractivity contribution in [2.24, 2.45) is 16.6 Å². The second-order valence-electron chi connectivity index (χ2n) is 8.80.